The third-order valence-corrected chi connectivity index (χ3v) is 6.81. The Labute approximate surface area is 238 Å². The van der Waals surface area contributed by atoms with Crippen molar-refractivity contribution in [2.45, 2.75) is 0 Å². The normalized spacial score (nSPS) is 16.5. The molecule has 8 rings (SSSR count). The first-order chi connectivity index (χ1) is 24.3. The van der Waals surface area contributed by atoms with E-state index in [1.165, 1.54) is 0 Å². The molecule has 2 heterocycles. The highest BCUT2D eigenvalue weighted by atomic mass is 15.1. The SMILES string of the molecule is [2H]c1c([2H])c([2H])c(-c2c([2H])c([2H])c(-n3c4ccccc4c4cccc(-n5c6ccccc6c6c([2H])c([2H])c([2H])c([2H])c65)c43)c([2H])c2[2H])c([2H])c1[2H]. The van der Waals surface area contributed by atoms with Gasteiger partial charge in [0.25, 0.3) is 0 Å². The van der Waals surface area contributed by atoms with E-state index in [1.807, 2.05) is 18.2 Å². The third kappa shape index (κ3) is 3.01. The van der Waals surface area contributed by atoms with Crippen molar-refractivity contribution in [2.75, 3.05) is 0 Å². The van der Waals surface area contributed by atoms with Crippen molar-refractivity contribution in [1.29, 1.82) is 0 Å². The Morgan fingerprint density at radius 3 is 1.82 bits per heavy atom. The van der Waals surface area contributed by atoms with Gasteiger partial charge in [-0.1, -0.05) is 109 Å². The maximum absolute atomic E-state index is 9.29. The molecule has 2 aromatic heterocycles. The minimum atomic E-state index is -0.664. The summed E-state index contributed by atoms with van der Waals surface area (Å²) in [5.41, 5.74) is 1.21. The lowest BCUT2D eigenvalue weighted by atomic mass is 10.1. The van der Waals surface area contributed by atoms with Gasteiger partial charge in [0.15, 0.2) is 0 Å². The van der Waals surface area contributed by atoms with Gasteiger partial charge < -0.3 is 9.13 Å². The van der Waals surface area contributed by atoms with Crippen LogP contribution in [-0.2, 0) is 0 Å². The Bertz CT molecular complexity index is 2790. The number of nitrogens with zero attached hydrogens (tertiary/aromatic N) is 2. The number of benzene rings is 6. The fourth-order valence-corrected chi connectivity index (χ4v) is 5.25. The molecule has 38 heavy (non-hydrogen) atoms. The van der Waals surface area contributed by atoms with Gasteiger partial charge in [-0.2, -0.15) is 0 Å². The quantitative estimate of drug-likeness (QED) is 0.230. The molecule has 0 N–H and O–H groups in total. The predicted octanol–water partition coefficient (Wildman–Crippen LogP) is 9.55. The molecule has 0 aliphatic heterocycles. The molecular formula is C36H24N2. The summed E-state index contributed by atoms with van der Waals surface area (Å²) in [5, 5.41) is 2.29. The second-order valence-corrected chi connectivity index (χ2v) is 8.83. The van der Waals surface area contributed by atoms with Gasteiger partial charge in [-0.3, -0.25) is 0 Å². The van der Waals surface area contributed by atoms with Gasteiger partial charge in [0.05, 0.1) is 45.6 Å². The van der Waals surface area contributed by atoms with E-state index in [0.29, 0.717) is 43.8 Å². The number of hydrogen-bond acceptors (Lipinski definition) is 0. The zero-order valence-corrected chi connectivity index (χ0v) is 19.7. The number of aromatic nitrogens is 2. The van der Waals surface area contributed by atoms with Gasteiger partial charge in [-0.15, -0.1) is 0 Å². The molecule has 0 fully saturated rings. The molecule has 0 saturated carbocycles. The van der Waals surface area contributed by atoms with Gasteiger partial charge in [0.1, 0.15) is 0 Å². The summed E-state index contributed by atoms with van der Waals surface area (Å²) in [6.45, 7) is 0. The van der Waals surface area contributed by atoms with Crippen LogP contribution in [-0.4, -0.2) is 9.13 Å². The monoisotopic (exact) mass is 497 g/mol. The van der Waals surface area contributed by atoms with Crippen molar-refractivity contribution in [3.05, 3.63) is 145 Å². The van der Waals surface area contributed by atoms with Crippen LogP contribution in [0.4, 0.5) is 0 Å². The molecule has 0 saturated heterocycles. The first-order valence-corrected chi connectivity index (χ1v) is 12.0. The fraction of sp³-hybridized carbons (Fsp3) is 0. The van der Waals surface area contributed by atoms with Crippen molar-refractivity contribution < 1.29 is 17.8 Å². The van der Waals surface area contributed by atoms with Gasteiger partial charge in [0.2, 0.25) is 0 Å². The fourth-order valence-electron chi connectivity index (χ4n) is 5.25. The van der Waals surface area contributed by atoms with E-state index < -0.39 is 71.6 Å². The van der Waals surface area contributed by atoms with E-state index in [4.69, 9.17) is 15.1 Å². The Morgan fingerprint density at radius 1 is 0.421 bits per heavy atom. The minimum absolute atomic E-state index is 0.151. The van der Waals surface area contributed by atoms with Gasteiger partial charge >= 0.3 is 0 Å². The molecule has 0 aliphatic carbocycles. The largest absolute Gasteiger partial charge is 0.307 e. The van der Waals surface area contributed by atoms with Crippen LogP contribution < -0.4 is 0 Å². The van der Waals surface area contributed by atoms with E-state index in [-0.39, 0.29) is 29.3 Å². The third-order valence-electron chi connectivity index (χ3n) is 6.81. The number of rotatable bonds is 3. The Balaban J connectivity index is 1.56. The molecule has 2 heteroatoms. The van der Waals surface area contributed by atoms with Crippen LogP contribution >= 0.6 is 0 Å². The van der Waals surface area contributed by atoms with Crippen molar-refractivity contribution in [1.82, 2.24) is 9.13 Å². The summed E-state index contributed by atoms with van der Waals surface area (Å²) < 4.78 is 116. The zero-order chi connectivity index (χ0) is 36.4. The van der Waals surface area contributed by atoms with Crippen LogP contribution in [0, 0.1) is 0 Å². The molecule has 0 radical (unpaired) electrons. The maximum atomic E-state index is 9.29. The van der Waals surface area contributed by atoms with Crippen LogP contribution in [0.2, 0.25) is 0 Å². The Morgan fingerprint density at radius 2 is 1.03 bits per heavy atom. The summed E-state index contributed by atoms with van der Waals surface area (Å²) >= 11 is 0. The van der Waals surface area contributed by atoms with Crippen LogP contribution in [0.25, 0.3) is 66.1 Å². The van der Waals surface area contributed by atoms with Crippen molar-refractivity contribution in [3.63, 3.8) is 0 Å². The van der Waals surface area contributed by atoms with Gasteiger partial charge in [-0.25, -0.2) is 0 Å². The van der Waals surface area contributed by atoms with Gasteiger partial charge in [0, 0.05) is 27.2 Å². The maximum Gasteiger partial charge on any atom is 0.0782 e. The molecule has 0 bridgehead atoms. The average Bonchev–Trinajstić information content (AvgIpc) is 3.66. The predicted molar refractivity (Wildman–Crippen MR) is 161 cm³/mol. The summed E-state index contributed by atoms with van der Waals surface area (Å²) in [4.78, 5) is 0. The lowest BCUT2D eigenvalue weighted by Crippen LogP contribution is -2.00. The van der Waals surface area contributed by atoms with E-state index in [0.717, 1.165) is 0 Å². The van der Waals surface area contributed by atoms with Crippen molar-refractivity contribution in [2.24, 2.45) is 0 Å². The molecule has 8 aromatic rings. The molecule has 0 spiro atoms. The van der Waals surface area contributed by atoms with Crippen LogP contribution in [0.1, 0.15) is 17.8 Å². The second kappa shape index (κ2) is 8.22. The summed E-state index contributed by atoms with van der Waals surface area (Å²) in [5.74, 6) is 0. The standard InChI is InChI=1S/C36H24N2/c1-2-11-25(12-3-1)26-21-23-27(24-22-26)37-32-17-7-6-15-30(32)31-16-10-20-35(36(31)37)38-33-18-8-4-13-28(33)29-14-5-9-19-34(29)38/h1-24H/i1D,2D,3D,4D,8D,11D,12D,13D,18D,21D,22D,23D,24D. The molecule has 0 atom stereocenters. The smallest absolute Gasteiger partial charge is 0.0782 e. The number of fused-ring (bicyclic) bond motifs is 6. The van der Waals surface area contributed by atoms with E-state index in [2.05, 4.69) is 0 Å². The molecule has 2 nitrogen and oxygen atoms in total. The first kappa shape index (κ1) is 12.0. The summed E-state index contributed by atoms with van der Waals surface area (Å²) in [6.07, 6.45) is 0. The zero-order valence-electron chi connectivity index (χ0n) is 32.7. The highest BCUT2D eigenvalue weighted by molar-refractivity contribution is 6.15. The highest BCUT2D eigenvalue weighted by Crippen LogP contribution is 2.39. The molecule has 178 valence electrons. The topological polar surface area (TPSA) is 9.86 Å². The number of hydrogen-bond donors (Lipinski definition) is 0. The lowest BCUT2D eigenvalue weighted by Gasteiger charge is -2.14. The second-order valence-electron chi connectivity index (χ2n) is 8.83. The Kier molecular flexibility index (Phi) is 2.59. The van der Waals surface area contributed by atoms with E-state index >= 15 is 0 Å². The van der Waals surface area contributed by atoms with Crippen molar-refractivity contribution >= 4 is 43.6 Å². The Hall–Kier alpha value is -5.08. The van der Waals surface area contributed by atoms with E-state index in [1.54, 1.807) is 57.7 Å². The van der Waals surface area contributed by atoms with Crippen LogP contribution in [0.3, 0.4) is 0 Å². The summed E-state index contributed by atoms with van der Waals surface area (Å²) in [6, 6.07) is 13.1. The summed E-state index contributed by atoms with van der Waals surface area (Å²) in [7, 11) is 0. The molecule has 6 aromatic carbocycles. The molecule has 0 unspecified atom stereocenters. The molecular weight excluding hydrogens is 460 g/mol. The number of para-hydroxylation sites is 4. The van der Waals surface area contributed by atoms with E-state index in [9.17, 15) is 2.74 Å². The highest BCUT2D eigenvalue weighted by Gasteiger charge is 2.19. The van der Waals surface area contributed by atoms with Crippen LogP contribution in [0.15, 0.2) is 145 Å². The lowest BCUT2D eigenvalue weighted by molar-refractivity contribution is 1.13. The molecule has 0 aliphatic rings. The molecule has 0 amide bonds. The first-order valence-electron chi connectivity index (χ1n) is 18.5. The average molecular weight is 498 g/mol. The minimum Gasteiger partial charge on any atom is -0.307 e. The van der Waals surface area contributed by atoms with Gasteiger partial charge in [-0.05, 0) is 47.5 Å². The van der Waals surface area contributed by atoms with Crippen molar-refractivity contribution in [3.8, 4) is 22.5 Å². The van der Waals surface area contributed by atoms with Crippen LogP contribution in [0.5, 0.6) is 0 Å².